The number of hydrogen-bond donors (Lipinski definition) is 2. The summed E-state index contributed by atoms with van der Waals surface area (Å²) in [5.74, 6) is 0.344. The molecule has 27 heavy (non-hydrogen) atoms. The summed E-state index contributed by atoms with van der Waals surface area (Å²) >= 11 is 1.41. The molecule has 7 heteroatoms. The van der Waals surface area contributed by atoms with Crippen molar-refractivity contribution in [3.8, 4) is 0 Å². The molecule has 1 aromatic carbocycles. The molecule has 2 saturated heterocycles. The van der Waals surface area contributed by atoms with Crippen molar-refractivity contribution >= 4 is 41.7 Å². The van der Waals surface area contributed by atoms with Gasteiger partial charge in [0.2, 0.25) is 11.8 Å². The fourth-order valence-corrected chi connectivity index (χ4v) is 4.70. The standard InChI is InChI=1S/C20H29N3O2S.ClH/c1-13-4-6-15(7-5-13)22-19(24)12-26-14(2)20(25)23(3)18-10-16-8-9-17(11-18)21-16;/h4-7,14,16-18,21H,8-12H2,1-3H3,(H,22,24);1H. The van der Waals surface area contributed by atoms with Gasteiger partial charge >= 0.3 is 0 Å². The zero-order chi connectivity index (χ0) is 18.7. The van der Waals surface area contributed by atoms with E-state index in [9.17, 15) is 9.59 Å². The minimum Gasteiger partial charge on any atom is -0.342 e. The summed E-state index contributed by atoms with van der Waals surface area (Å²) < 4.78 is 0. The van der Waals surface area contributed by atoms with Crippen molar-refractivity contribution in [1.82, 2.24) is 10.2 Å². The van der Waals surface area contributed by atoms with Gasteiger partial charge in [0.15, 0.2) is 0 Å². The number of halogens is 1. The number of amides is 2. The Morgan fingerprint density at radius 1 is 1.22 bits per heavy atom. The number of carbonyl (C=O) groups excluding carboxylic acids is 2. The molecule has 2 aliphatic heterocycles. The summed E-state index contributed by atoms with van der Waals surface area (Å²) in [4.78, 5) is 26.8. The van der Waals surface area contributed by atoms with E-state index in [0.717, 1.165) is 24.1 Å². The van der Waals surface area contributed by atoms with E-state index in [4.69, 9.17) is 0 Å². The molecule has 3 rings (SSSR count). The number of rotatable bonds is 6. The van der Waals surface area contributed by atoms with Crippen LogP contribution in [0.25, 0.3) is 0 Å². The first-order valence-corrected chi connectivity index (χ1v) is 10.5. The van der Waals surface area contributed by atoms with Gasteiger partial charge in [0.1, 0.15) is 0 Å². The van der Waals surface area contributed by atoms with Crippen molar-refractivity contribution in [2.24, 2.45) is 0 Å². The first-order chi connectivity index (χ1) is 12.4. The topological polar surface area (TPSA) is 61.4 Å². The van der Waals surface area contributed by atoms with Gasteiger partial charge in [0, 0.05) is 30.9 Å². The third-order valence-corrected chi connectivity index (χ3v) is 6.62. The number of thioether (sulfide) groups is 1. The lowest BCUT2D eigenvalue weighted by Gasteiger charge is -2.36. The largest absolute Gasteiger partial charge is 0.342 e. The van der Waals surface area contributed by atoms with Gasteiger partial charge in [-0.2, -0.15) is 0 Å². The molecule has 0 aromatic heterocycles. The highest BCUT2D eigenvalue weighted by molar-refractivity contribution is 8.01. The average Bonchev–Trinajstić information content (AvgIpc) is 2.98. The zero-order valence-electron chi connectivity index (χ0n) is 16.2. The van der Waals surface area contributed by atoms with Crippen LogP contribution in [0.5, 0.6) is 0 Å². The molecule has 0 radical (unpaired) electrons. The number of anilines is 1. The Labute approximate surface area is 172 Å². The van der Waals surface area contributed by atoms with Crippen LogP contribution in [-0.2, 0) is 9.59 Å². The number of fused-ring (bicyclic) bond motifs is 2. The lowest BCUT2D eigenvalue weighted by molar-refractivity contribution is -0.131. The number of aryl methyl sites for hydroxylation is 1. The Bertz CT molecular complexity index is 643. The van der Waals surface area contributed by atoms with E-state index in [-0.39, 0.29) is 35.2 Å². The highest BCUT2D eigenvalue weighted by atomic mass is 35.5. The molecule has 2 fully saturated rings. The quantitative estimate of drug-likeness (QED) is 0.754. The van der Waals surface area contributed by atoms with Gasteiger partial charge in [0.05, 0.1) is 11.0 Å². The molecule has 2 N–H and O–H groups in total. The third kappa shape index (κ3) is 5.87. The molecule has 2 amide bonds. The summed E-state index contributed by atoms with van der Waals surface area (Å²) in [6, 6.07) is 9.18. The summed E-state index contributed by atoms with van der Waals surface area (Å²) in [6.07, 6.45) is 4.55. The lowest BCUT2D eigenvalue weighted by atomic mass is 9.98. The predicted molar refractivity (Wildman–Crippen MR) is 115 cm³/mol. The van der Waals surface area contributed by atoms with Crippen LogP contribution in [-0.4, -0.2) is 52.9 Å². The molecule has 2 aliphatic rings. The lowest BCUT2D eigenvalue weighted by Crippen LogP contribution is -2.50. The normalized spacial score (nSPS) is 24.6. The van der Waals surface area contributed by atoms with E-state index in [1.54, 1.807) is 0 Å². The number of piperidine rings is 1. The Kier molecular flexibility index (Phi) is 8.01. The van der Waals surface area contributed by atoms with E-state index in [1.165, 1.54) is 24.6 Å². The first kappa shape index (κ1) is 22.1. The second-order valence-corrected chi connectivity index (χ2v) is 8.91. The third-order valence-electron chi connectivity index (χ3n) is 5.49. The second-order valence-electron chi connectivity index (χ2n) is 7.58. The molecule has 2 bridgehead atoms. The monoisotopic (exact) mass is 411 g/mol. The maximum absolute atomic E-state index is 12.7. The Morgan fingerprint density at radius 3 is 2.41 bits per heavy atom. The minimum atomic E-state index is -0.212. The molecule has 0 aliphatic carbocycles. The van der Waals surface area contributed by atoms with Gasteiger partial charge < -0.3 is 15.5 Å². The molecule has 1 aromatic rings. The van der Waals surface area contributed by atoms with Crippen molar-refractivity contribution in [3.63, 3.8) is 0 Å². The maximum Gasteiger partial charge on any atom is 0.235 e. The summed E-state index contributed by atoms with van der Waals surface area (Å²) in [7, 11) is 1.92. The van der Waals surface area contributed by atoms with Gasteiger partial charge in [0.25, 0.3) is 0 Å². The SMILES string of the molecule is Cc1ccc(NC(=O)CSC(C)C(=O)N(C)C2CC3CCC(C2)N3)cc1.Cl. The van der Waals surface area contributed by atoms with Gasteiger partial charge in [-0.15, -0.1) is 24.2 Å². The Morgan fingerprint density at radius 2 is 1.81 bits per heavy atom. The number of benzene rings is 1. The van der Waals surface area contributed by atoms with Crippen molar-refractivity contribution in [2.45, 2.75) is 62.9 Å². The van der Waals surface area contributed by atoms with Crippen LogP contribution in [0.15, 0.2) is 24.3 Å². The molecular formula is C20H30ClN3O2S. The highest BCUT2D eigenvalue weighted by Crippen LogP contribution is 2.30. The molecule has 0 saturated carbocycles. The smallest absolute Gasteiger partial charge is 0.235 e. The molecule has 2 heterocycles. The number of nitrogens with one attached hydrogen (secondary N) is 2. The first-order valence-electron chi connectivity index (χ1n) is 9.43. The van der Waals surface area contributed by atoms with Crippen LogP contribution in [0.4, 0.5) is 5.69 Å². The van der Waals surface area contributed by atoms with Gasteiger partial charge in [-0.3, -0.25) is 9.59 Å². The minimum absolute atomic E-state index is 0. The zero-order valence-corrected chi connectivity index (χ0v) is 17.9. The average molecular weight is 412 g/mol. The molecule has 3 atom stereocenters. The molecule has 3 unspecified atom stereocenters. The second kappa shape index (κ2) is 9.80. The van der Waals surface area contributed by atoms with Crippen LogP contribution in [0, 0.1) is 6.92 Å². The molecule has 0 spiro atoms. The summed E-state index contributed by atoms with van der Waals surface area (Å²) in [6.45, 7) is 3.91. The van der Waals surface area contributed by atoms with E-state index >= 15 is 0 Å². The van der Waals surface area contributed by atoms with E-state index in [0.29, 0.717) is 18.1 Å². The van der Waals surface area contributed by atoms with Crippen LogP contribution >= 0.6 is 24.2 Å². The van der Waals surface area contributed by atoms with Crippen molar-refractivity contribution in [2.75, 3.05) is 18.1 Å². The number of hydrogen-bond acceptors (Lipinski definition) is 4. The van der Waals surface area contributed by atoms with Gasteiger partial charge in [-0.05, 0) is 51.7 Å². The number of nitrogens with zero attached hydrogens (tertiary/aromatic N) is 1. The van der Waals surface area contributed by atoms with Gasteiger partial charge in [-0.1, -0.05) is 17.7 Å². The fourth-order valence-electron chi connectivity index (χ4n) is 3.92. The van der Waals surface area contributed by atoms with Crippen LogP contribution in [0.3, 0.4) is 0 Å². The fraction of sp³-hybridized carbons (Fsp3) is 0.600. The molecular weight excluding hydrogens is 382 g/mol. The van der Waals surface area contributed by atoms with Crippen LogP contribution in [0.2, 0.25) is 0 Å². The predicted octanol–water partition coefficient (Wildman–Crippen LogP) is 3.22. The molecule has 150 valence electrons. The number of carbonyl (C=O) groups is 2. The van der Waals surface area contributed by atoms with Crippen LogP contribution < -0.4 is 10.6 Å². The maximum atomic E-state index is 12.7. The molecule has 5 nitrogen and oxygen atoms in total. The Balaban J connectivity index is 0.00000261. The highest BCUT2D eigenvalue weighted by Gasteiger charge is 2.37. The van der Waals surface area contributed by atoms with Crippen molar-refractivity contribution in [1.29, 1.82) is 0 Å². The van der Waals surface area contributed by atoms with Crippen LogP contribution in [0.1, 0.15) is 38.2 Å². The summed E-state index contributed by atoms with van der Waals surface area (Å²) in [5.41, 5.74) is 1.95. The van der Waals surface area contributed by atoms with Crippen molar-refractivity contribution in [3.05, 3.63) is 29.8 Å². The van der Waals surface area contributed by atoms with Crippen molar-refractivity contribution < 1.29 is 9.59 Å². The Hall–Kier alpha value is -1.24. The summed E-state index contributed by atoms with van der Waals surface area (Å²) in [5, 5.41) is 6.29. The van der Waals surface area contributed by atoms with E-state index < -0.39 is 0 Å². The van der Waals surface area contributed by atoms with Gasteiger partial charge in [-0.25, -0.2) is 0 Å². The van der Waals surface area contributed by atoms with E-state index in [2.05, 4.69) is 10.6 Å². The van der Waals surface area contributed by atoms with E-state index in [1.807, 2.05) is 50.1 Å².